The summed E-state index contributed by atoms with van der Waals surface area (Å²) in [6.07, 6.45) is 5.15. The van der Waals surface area contributed by atoms with E-state index in [9.17, 15) is 14.4 Å². The summed E-state index contributed by atoms with van der Waals surface area (Å²) in [5, 5.41) is 2.66. The van der Waals surface area contributed by atoms with Crippen molar-refractivity contribution in [2.24, 2.45) is 11.8 Å². The van der Waals surface area contributed by atoms with Crippen molar-refractivity contribution in [1.82, 2.24) is 21.1 Å². The monoisotopic (exact) mass is 402 g/mol. The molecule has 1 unspecified atom stereocenters. The van der Waals surface area contributed by atoms with Crippen molar-refractivity contribution in [1.29, 1.82) is 0 Å². The summed E-state index contributed by atoms with van der Waals surface area (Å²) < 4.78 is 0. The molecule has 7 nitrogen and oxygen atoms in total. The van der Waals surface area contributed by atoms with Crippen molar-refractivity contribution in [3.05, 3.63) is 35.9 Å². The molecule has 1 saturated carbocycles. The van der Waals surface area contributed by atoms with E-state index in [1.54, 1.807) is 4.90 Å². The molecule has 28 heavy (non-hydrogen) atoms. The lowest BCUT2D eigenvalue weighted by atomic mass is 10.0. The van der Waals surface area contributed by atoms with Gasteiger partial charge in [0, 0.05) is 25.9 Å². The van der Waals surface area contributed by atoms with Gasteiger partial charge in [-0.05, 0) is 36.5 Å². The van der Waals surface area contributed by atoms with Crippen LogP contribution >= 0.6 is 12.2 Å². The van der Waals surface area contributed by atoms with E-state index in [0.717, 1.165) is 18.4 Å². The zero-order valence-electron chi connectivity index (χ0n) is 15.8. The first-order chi connectivity index (χ1) is 13.5. The topological polar surface area (TPSA) is 90.5 Å². The standard InChI is InChI=1S/C20H26N4O3S/c25-17(10-14-6-4-5-7-14)21-20(28)23-22-19(27)16-11-18(26)24(13-16)12-15-8-2-1-3-9-15/h1-3,8-9,14,16H,4-7,10-13H2,(H,22,27)(H2,21,23,25,28). The number of hydrogen-bond donors (Lipinski definition) is 3. The van der Waals surface area contributed by atoms with Crippen LogP contribution in [0.15, 0.2) is 30.3 Å². The van der Waals surface area contributed by atoms with Crippen LogP contribution in [-0.2, 0) is 20.9 Å². The highest BCUT2D eigenvalue weighted by Gasteiger charge is 2.34. The van der Waals surface area contributed by atoms with Crippen molar-refractivity contribution in [2.45, 2.75) is 45.1 Å². The van der Waals surface area contributed by atoms with Gasteiger partial charge in [-0.2, -0.15) is 0 Å². The highest BCUT2D eigenvalue weighted by Crippen LogP contribution is 2.27. The van der Waals surface area contributed by atoms with E-state index in [4.69, 9.17) is 12.2 Å². The van der Waals surface area contributed by atoms with Crippen LogP contribution in [0.2, 0.25) is 0 Å². The van der Waals surface area contributed by atoms with Gasteiger partial charge in [-0.15, -0.1) is 0 Å². The minimum atomic E-state index is -0.444. The van der Waals surface area contributed by atoms with Crippen LogP contribution in [0.1, 0.15) is 44.1 Å². The summed E-state index contributed by atoms with van der Waals surface area (Å²) in [4.78, 5) is 38.2. The highest BCUT2D eigenvalue weighted by atomic mass is 32.1. The Morgan fingerprint density at radius 2 is 1.82 bits per heavy atom. The van der Waals surface area contributed by atoms with Crippen LogP contribution in [0.3, 0.4) is 0 Å². The maximum absolute atomic E-state index is 12.3. The smallest absolute Gasteiger partial charge is 0.243 e. The second kappa shape index (κ2) is 9.64. The van der Waals surface area contributed by atoms with Crippen molar-refractivity contribution in [2.75, 3.05) is 6.54 Å². The largest absolute Gasteiger partial charge is 0.338 e. The molecule has 2 aliphatic rings. The van der Waals surface area contributed by atoms with Crippen LogP contribution < -0.4 is 16.2 Å². The van der Waals surface area contributed by atoms with E-state index in [1.165, 1.54) is 12.8 Å². The average molecular weight is 403 g/mol. The number of hydrogen-bond acceptors (Lipinski definition) is 4. The molecule has 0 radical (unpaired) electrons. The minimum Gasteiger partial charge on any atom is -0.338 e. The summed E-state index contributed by atoms with van der Waals surface area (Å²) in [7, 11) is 0. The quantitative estimate of drug-likeness (QED) is 0.515. The van der Waals surface area contributed by atoms with Gasteiger partial charge in [-0.25, -0.2) is 0 Å². The number of nitrogens with zero attached hydrogens (tertiary/aromatic N) is 1. The average Bonchev–Trinajstić information content (AvgIpc) is 3.30. The van der Waals surface area contributed by atoms with E-state index >= 15 is 0 Å². The number of thiocarbonyl (C=S) groups is 1. The lowest BCUT2D eigenvalue weighted by Gasteiger charge is -2.17. The number of carbonyl (C=O) groups is 3. The Balaban J connectivity index is 1.39. The molecular formula is C20H26N4O3S. The molecule has 1 saturated heterocycles. The van der Waals surface area contributed by atoms with E-state index in [-0.39, 0.29) is 29.3 Å². The predicted molar refractivity (Wildman–Crippen MR) is 109 cm³/mol. The fraction of sp³-hybridized carbons (Fsp3) is 0.500. The first-order valence-corrected chi connectivity index (χ1v) is 10.1. The Bertz CT molecular complexity index is 734. The maximum atomic E-state index is 12.3. The molecule has 3 rings (SSSR count). The number of likely N-dealkylation sites (tertiary alicyclic amines) is 1. The first kappa shape index (κ1) is 20.3. The van der Waals surface area contributed by atoms with Crippen LogP contribution in [0.25, 0.3) is 0 Å². The van der Waals surface area contributed by atoms with E-state index < -0.39 is 5.92 Å². The molecule has 0 aromatic heterocycles. The number of hydrazine groups is 1. The third-order valence-electron chi connectivity index (χ3n) is 5.30. The fourth-order valence-corrected chi connectivity index (χ4v) is 3.98. The molecule has 150 valence electrons. The second-order valence-corrected chi connectivity index (χ2v) is 7.92. The Morgan fingerprint density at radius 1 is 1.11 bits per heavy atom. The van der Waals surface area contributed by atoms with Crippen LogP contribution in [-0.4, -0.2) is 34.3 Å². The molecule has 1 atom stereocenters. The van der Waals surface area contributed by atoms with Gasteiger partial charge in [0.05, 0.1) is 5.92 Å². The zero-order valence-corrected chi connectivity index (χ0v) is 16.6. The summed E-state index contributed by atoms with van der Waals surface area (Å²) in [6.45, 7) is 0.856. The molecule has 8 heteroatoms. The number of amides is 3. The zero-order chi connectivity index (χ0) is 19.9. The molecule has 0 spiro atoms. The van der Waals surface area contributed by atoms with E-state index in [2.05, 4.69) is 16.2 Å². The first-order valence-electron chi connectivity index (χ1n) is 9.72. The number of nitrogens with one attached hydrogen (secondary N) is 3. The van der Waals surface area contributed by atoms with E-state index in [1.807, 2.05) is 30.3 Å². The molecule has 1 aromatic carbocycles. The van der Waals surface area contributed by atoms with Gasteiger partial charge in [0.15, 0.2) is 5.11 Å². The maximum Gasteiger partial charge on any atom is 0.243 e. The van der Waals surface area contributed by atoms with Crippen LogP contribution in [0.4, 0.5) is 0 Å². The predicted octanol–water partition coefficient (Wildman–Crippen LogP) is 1.64. The van der Waals surface area contributed by atoms with Gasteiger partial charge in [0.1, 0.15) is 0 Å². The molecule has 1 heterocycles. The van der Waals surface area contributed by atoms with Crippen LogP contribution in [0.5, 0.6) is 0 Å². The summed E-state index contributed by atoms with van der Waals surface area (Å²) in [5.41, 5.74) is 6.10. The molecule has 3 amide bonds. The molecule has 1 aliphatic carbocycles. The molecule has 1 aromatic rings. The lowest BCUT2D eigenvalue weighted by molar-refractivity contribution is -0.129. The number of rotatable bonds is 5. The molecule has 1 aliphatic heterocycles. The van der Waals surface area contributed by atoms with Crippen molar-refractivity contribution in [3.8, 4) is 0 Å². The second-order valence-electron chi connectivity index (χ2n) is 7.51. The third kappa shape index (κ3) is 5.76. The Hall–Kier alpha value is -2.48. The van der Waals surface area contributed by atoms with Gasteiger partial charge in [-0.1, -0.05) is 43.2 Å². The van der Waals surface area contributed by atoms with Crippen molar-refractivity contribution < 1.29 is 14.4 Å². The summed E-state index contributed by atoms with van der Waals surface area (Å²) >= 11 is 5.06. The summed E-state index contributed by atoms with van der Waals surface area (Å²) in [5.74, 6) is -0.505. The normalized spacial score (nSPS) is 19.5. The van der Waals surface area contributed by atoms with Crippen LogP contribution in [0, 0.1) is 11.8 Å². The highest BCUT2D eigenvalue weighted by molar-refractivity contribution is 7.80. The molecule has 2 fully saturated rings. The van der Waals surface area contributed by atoms with E-state index in [0.29, 0.717) is 25.4 Å². The lowest BCUT2D eigenvalue weighted by Crippen LogP contribution is -2.50. The Labute approximate surface area is 170 Å². The molecule has 3 N–H and O–H groups in total. The summed E-state index contributed by atoms with van der Waals surface area (Å²) in [6, 6.07) is 9.67. The third-order valence-corrected chi connectivity index (χ3v) is 5.51. The van der Waals surface area contributed by atoms with Gasteiger partial charge in [0.2, 0.25) is 17.7 Å². The van der Waals surface area contributed by atoms with Crippen molar-refractivity contribution in [3.63, 3.8) is 0 Å². The fourth-order valence-electron chi connectivity index (χ4n) is 3.81. The SMILES string of the molecule is O=C(CC1CCCC1)NC(=S)NNC(=O)C1CC(=O)N(Cc2ccccc2)C1. The van der Waals surface area contributed by atoms with Gasteiger partial charge < -0.3 is 10.2 Å². The Kier molecular flexibility index (Phi) is 6.97. The van der Waals surface area contributed by atoms with Gasteiger partial charge in [0.25, 0.3) is 0 Å². The molecular weight excluding hydrogens is 376 g/mol. The molecule has 0 bridgehead atoms. The number of benzene rings is 1. The van der Waals surface area contributed by atoms with Gasteiger partial charge >= 0.3 is 0 Å². The van der Waals surface area contributed by atoms with Crippen molar-refractivity contribution >= 4 is 35.1 Å². The number of carbonyl (C=O) groups excluding carboxylic acids is 3. The minimum absolute atomic E-state index is 0.0450. The van der Waals surface area contributed by atoms with Gasteiger partial charge in [-0.3, -0.25) is 25.2 Å². The Morgan fingerprint density at radius 3 is 2.54 bits per heavy atom.